The molecular formula is C14H23NO5. The lowest BCUT2D eigenvalue weighted by Crippen LogP contribution is -2.46. The molecule has 114 valence electrons. The predicted octanol–water partition coefficient (Wildman–Crippen LogP) is 2.06. The Kier molecular flexibility index (Phi) is 3.59. The van der Waals surface area contributed by atoms with Crippen molar-refractivity contribution >= 4 is 12.0 Å². The van der Waals surface area contributed by atoms with Gasteiger partial charge in [-0.2, -0.15) is 0 Å². The minimum atomic E-state index is -0.793. The van der Waals surface area contributed by atoms with E-state index in [1.807, 2.05) is 6.92 Å². The van der Waals surface area contributed by atoms with Gasteiger partial charge in [-0.15, -0.1) is 0 Å². The highest BCUT2D eigenvalue weighted by Gasteiger charge is 2.59. The van der Waals surface area contributed by atoms with Crippen molar-refractivity contribution in [2.45, 2.75) is 77.6 Å². The molecule has 3 atom stereocenters. The van der Waals surface area contributed by atoms with Crippen molar-refractivity contribution in [3.05, 3.63) is 0 Å². The second-order valence-corrected chi connectivity index (χ2v) is 6.68. The van der Waals surface area contributed by atoms with Gasteiger partial charge in [0.15, 0.2) is 11.9 Å². The molecule has 2 aliphatic rings. The lowest BCUT2D eigenvalue weighted by Gasteiger charge is -2.29. The molecule has 2 fully saturated rings. The van der Waals surface area contributed by atoms with E-state index in [-0.39, 0.29) is 11.9 Å². The smallest absolute Gasteiger partial charge is 0.417 e. The fourth-order valence-electron chi connectivity index (χ4n) is 2.66. The van der Waals surface area contributed by atoms with Crippen molar-refractivity contribution in [2.24, 2.45) is 0 Å². The van der Waals surface area contributed by atoms with Crippen LogP contribution in [0.25, 0.3) is 0 Å². The van der Waals surface area contributed by atoms with Crippen LogP contribution in [0.4, 0.5) is 4.79 Å². The molecule has 20 heavy (non-hydrogen) atoms. The minimum absolute atomic E-state index is 0.343. The Labute approximate surface area is 119 Å². The second kappa shape index (κ2) is 4.70. The highest BCUT2D eigenvalue weighted by atomic mass is 16.8. The molecule has 6 heteroatoms. The van der Waals surface area contributed by atoms with E-state index in [2.05, 4.69) is 0 Å². The number of nitrogens with zero attached hydrogens (tertiary/aromatic N) is 1. The Morgan fingerprint density at radius 3 is 2.45 bits per heavy atom. The van der Waals surface area contributed by atoms with Crippen molar-refractivity contribution < 1.29 is 23.8 Å². The fourth-order valence-corrected chi connectivity index (χ4v) is 2.66. The molecule has 0 aromatic rings. The summed E-state index contributed by atoms with van der Waals surface area (Å²) in [5, 5.41) is 0. The molecule has 0 spiro atoms. The highest BCUT2D eigenvalue weighted by molar-refractivity contribution is 5.98. The van der Waals surface area contributed by atoms with Crippen molar-refractivity contribution in [1.82, 2.24) is 4.90 Å². The summed E-state index contributed by atoms with van der Waals surface area (Å²) in [4.78, 5) is 25.7. The van der Waals surface area contributed by atoms with E-state index < -0.39 is 29.7 Å². The summed E-state index contributed by atoms with van der Waals surface area (Å²) in [7, 11) is 0. The van der Waals surface area contributed by atoms with Gasteiger partial charge < -0.3 is 14.2 Å². The number of carbonyl (C=O) groups excluding carboxylic acids is 2. The molecule has 2 aliphatic heterocycles. The molecule has 0 bridgehead atoms. The van der Waals surface area contributed by atoms with Crippen molar-refractivity contribution in [2.75, 3.05) is 0 Å². The molecule has 0 N–H and O–H groups in total. The Morgan fingerprint density at radius 2 is 1.95 bits per heavy atom. The Balaban J connectivity index is 2.20. The van der Waals surface area contributed by atoms with Gasteiger partial charge in [0.05, 0.1) is 6.04 Å². The molecule has 0 radical (unpaired) electrons. The zero-order valence-electron chi connectivity index (χ0n) is 12.9. The minimum Gasteiger partial charge on any atom is -0.443 e. The van der Waals surface area contributed by atoms with E-state index in [1.54, 1.807) is 34.6 Å². The third kappa shape index (κ3) is 2.67. The van der Waals surface area contributed by atoms with E-state index in [0.717, 1.165) is 4.90 Å². The topological polar surface area (TPSA) is 65.1 Å². The molecule has 2 saturated heterocycles. The summed E-state index contributed by atoms with van der Waals surface area (Å²) in [6, 6.07) is -0.343. The first-order valence-corrected chi connectivity index (χ1v) is 6.97. The molecule has 2 amide bonds. The monoisotopic (exact) mass is 285 g/mol. The lowest BCUT2D eigenvalue weighted by atomic mass is 10.1. The molecule has 0 aromatic heterocycles. The number of carbonyl (C=O) groups is 2. The Bertz CT molecular complexity index is 426. The first kappa shape index (κ1) is 15.3. The maximum absolute atomic E-state index is 12.4. The van der Waals surface area contributed by atoms with Gasteiger partial charge in [0.2, 0.25) is 0 Å². The zero-order chi connectivity index (χ0) is 15.3. The van der Waals surface area contributed by atoms with E-state index >= 15 is 0 Å². The summed E-state index contributed by atoms with van der Waals surface area (Å²) < 4.78 is 16.7. The van der Waals surface area contributed by atoms with Crippen LogP contribution in [0.1, 0.15) is 48.0 Å². The maximum Gasteiger partial charge on any atom is 0.417 e. The molecule has 0 saturated carbocycles. The third-order valence-corrected chi connectivity index (χ3v) is 3.33. The quantitative estimate of drug-likeness (QED) is 0.738. The normalized spacial score (nSPS) is 32.4. The summed E-state index contributed by atoms with van der Waals surface area (Å²) in [6.45, 7) is 10.7. The average Bonchev–Trinajstić information content (AvgIpc) is 2.68. The van der Waals surface area contributed by atoms with Crippen molar-refractivity contribution in [3.63, 3.8) is 0 Å². The lowest BCUT2D eigenvalue weighted by molar-refractivity contribution is -0.171. The van der Waals surface area contributed by atoms with Crippen LogP contribution in [-0.2, 0) is 19.0 Å². The summed E-state index contributed by atoms with van der Waals surface area (Å²) in [6.07, 6.45) is -1.17. The number of hydrogen-bond acceptors (Lipinski definition) is 5. The number of fused-ring (bicyclic) bond motifs is 1. The third-order valence-electron chi connectivity index (χ3n) is 3.33. The van der Waals surface area contributed by atoms with Crippen LogP contribution in [-0.4, -0.2) is 46.5 Å². The molecular weight excluding hydrogens is 262 g/mol. The summed E-state index contributed by atoms with van der Waals surface area (Å²) >= 11 is 0. The van der Waals surface area contributed by atoms with Crippen LogP contribution >= 0.6 is 0 Å². The molecule has 0 aromatic carbocycles. The van der Waals surface area contributed by atoms with Gasteiger partial charge in [-0.3, -0.25) is 4.79 Å². The number of rotatable bonds is 1. The van der Waals surface area contributed by atoms with E-state index in [9.17, 15) is 9.59 Å². The fraction of sp³-hybridized carbons (Fsp3) is 0.857. The van der Waals surface area contributed by atoms with Gasteiger partial charge in [0.25, 0.3) is 5.91 Å². The van der Waals surface area contributed by atoms with Crippen molar-refractivity contribution in [1.29, 1.82) is 0 Å². The van der Waals surface area contributed by atoms with Gasteiger partial charge >= 0.3 is 6.09 Å². The molecule has 0 aliphatic carbocycles. The largest absolute Gasteiger partial charge is 0.443 e. The summed E-state index contributed by atoms with van der Waals surface area (Å²) in [5.74, 6) is -1.17. The average molecular weight is 285 g/mol. The molecule has 6 nitrogen and oxygen atoms in total. The second-order valence-electron chi connectivity index (χ2n) is 6.68. The Morgan fingerprint density at radius 1 is 1.35 bits per heavy atom. The maximum atomic E-state index is 12.4. The standard InChI is InChI=1S/C14H23NO5/c1-7-8-9-10(19-14(5,6)18-9)11(16)15(8)12(17)20-13(2,3)4/h8-10H,7H2,1-6H3/t8-,9?,10+/m1/s1. The number of amides is 2. The van der Waals surface area contributed by atoms with Crippen molar-refractivity contribution in [3.8, 4) is 0 Å². The number of imide groups is 1. The Hall–Kier alpha value is -1.14. The van der Waals surface area contributed by atoms with E-state index in [0.29, 0.717) is 6.42 Å². The van der Waals surface area contributed by atoms with Crippen LogP contribution in [0.5, 0.6) is 0 Å². The molecule has 2 rings (SSSR count). The van der Waals surface area contributed by atoms with Crippen LogP contribution in [0.3, 0.4) is 0 Å². The van der Waals surface area contributed by atoms with Crippen LogP contribution in [0, 0.1) is 0 Å². The van der Waals surface area contributed by atoms with Crippen LogP contribution in [0.2, 0.25) is 0 Å². The van der Waals surface area contributed by atoms with Crippen LogP contribution < -0.4 is 0 Å². The predicted molar refractivity (Wildman–Crippen MR) is 71.0 cm³/mol. The van der Waals surface area contributed by atoms with Crippen LogP contribution in [0.15, 0.2) is 0 Å². The van der Waals surface area contributed by atoms with E-state index in [1.165, 1.54) is 0 Å². The van der Waals surface area contributed by atoms with Gasteiger partial charge in [-0.05, 0) is 41.0 Å². The zero-order valence-corrected chi connectivity index (χ0v) is 12.9. The van der Waals surface area contributed by atoms with Gasteiger partial charge in [0, 0.05) is 0 Å². The first-order chi connectivity index (χ1) is 9.06. The number of likely N-dealkylation sites (tertiary alicyclic amines) is 1. The number of hydrogen-bond donors (Lipinski definition) is 0. The molecule has 1 unspecified atom stereocenters. The highest BCUT2D eigenvalue weighted by Crippen LogP contribution is 2.39. The molecule has 2 heterocycles. The number of ether oxygens (including phenoxy) is 3. The van der Waals surface area contributed by atoms with Gasteiger partial charge in [-0.25, -0.2) is 9.69 Å². The first-order valence-electron chi connectivity index (χ1n) is 6.97. The SMILES string of the molecule is CC[C@@H]1C2OC(C)(C)O[C@@H]2C(=O)N1C(=O)OC(C)(C)C. The van der Waals surface area contributed by atoms with E-state index in [4.69, 9.17) is 14.2 Å². The van der Waals surface area contributed by atoms with Gasteiger partial charge in [-0.1, -0.05) is 6.92 Å². The summed E-state index contributed by atoms with van der Waals surface area (Å²) in [5.41, 5.74) is -0.645. The van der Waals surface area contributed by atoms with Gasteiger partial charge in [0.1, 0.15) is 11.7 Å².